The van der Waals surface area contributed by atoms with Gasteiger partial charge in [-0.05, 0) is 12.2 Å². The van der Waals surface area contributed by atoms with E-state index < -0.39 is 0 Å². The van der Waals surface area contributed by atoms with Crippen molar-refractivity contribution in [2.75, 3.05) is 0 Å². The Hall–Kier alpha value is -0.810. The van der Waals surface area contributed by atoms with Crippen LogP contribution >= 0.6 is 12.2 Å². The first-order chi connectivity index (χ1) is 3.80. The number of rotatable bonds is 0. The second-order valence-electron chi connectivity index (χ2n) is 1.30. The third-order valence-corrected chi connectivity index (χ3v) is 1.04. The fourth-order valence-electron chi connectivity index (χ4n) is 0.353. The first-order valence-corrected chi connectivity index (χ1v) is 2.47. The summed E-state index contributed by atoms with van der Waals surface area (Å²) in [4.78, 5) is 0. The van der Waals surface area contributed by atoms with Crippen LogP contribution < -0.4 is 16.7 Å². The van der Waals surface area contributed by atoms with Gasteiger partial charge in [-0.3, -0.25) is 10.4 Å². The molecule has 5 heteroatoms. The predicted molar refractivity (Wildman–Crippen MR) is 34.0 cm³/mol. The minimum Gasteiger partial charge on any atom is -0.305 e. The summed E-state index contributed by atoms with van der Waals surface area (Å²) in [6.45, 7) is 0. The molecule has 0 radical (unpaired) electrons. The van der Waals surface area contributed by atoms with Crippen LogP contribution in [0.25, 0.3) is 0 Å². The molecule has 1 aliphatic heterocycles. The summed E-state index contributed by atoms with van der Waals surface area (Å²) in [5, 5.41) is 1.78. The zero-order valence-electron chi connectivity index (χ0n) is 4.09. The van der Waals surface area contributed by atoms with Crippen LogP contribution in [-0.2, 0) is 0 Å². The highest BCUT2D eigenvalue weighted by molar-refractivity contribution is 7.80. The highest BCUT2D eigenvalue weighted by Crippen LogP contribution is 1.83. The van der Waals surface area contributed by atoms with Gasteiger partial charge in [0.15, 0.2) is 0 Å². The van der Waals surface area contributed by atoms with Crippen LogP contribution in [-0.4, -0.2) is 10.1 Å². The van der Waals surface area contributed by atoms with Crippen molar-refractivity contribution in [1.29, 1.82) is 0 Å². The molecule has 0 aliphatic carbocycles. The Bertz CT molecular complexity index is 131. The maximum Gasteiger partial charge on any atom is 0.206 e. The lowest BCUT2D eigenvalue weighted by atomic mass is 10.8. The zero-order valence-corrected chi connectivity index (χ0v) is 4.90. The molecule has 0 bridgehead atoms. The van der Waals surface area contributed by atoms with E-state index in [4.69, 9.17) is 18.1 Å². The molecule has 0 atom stereocenters. The second-order valence-corrected chi connectivity index (χ2v) is 1.68. The standard InChI is InChI=1S/C3H6N4S/c4-7-2-1-5-6-3(7)8/h1-2,5H,4H2,(H,6,8). The number of hydrogen-bond donors (Lipinski definition) is 3. The van der Waals surface area contributed by atoms with Crippen molar-refractivity contribution < 1.29 is 0 Å². The lowest BCUT2D eigenvalue weighted by Crippen LogP contribution is -2.48. The van der Waals surface area contributed by atoms with Crippen molar-refractivity contribution in [3.05, 3.63) is 12.4 Å². The number of thiocarbonyl (C=S) groups is 1. The Kier molecular flexibility index (Phi) is 1.32. The van der Waals surface area contributed by atoms with Gasteiger partial charge in [0.1, 0.15) is 0 Å². The Labute approximate surface area is 52.3 Å². The number of nitrogens with one attached hydrogen (secondary N) is 2. The molecule has 0 aromatic rings. The third kappa shape index (κ3) is 0.877. The van der Waals surface area contributed by atoms with Crippen molar-refractivity contribution >= 4 is 17.3 Å². The number of hydrogen-bond acceptors (Lipinski definition) is 3. The van der Waals surface area contributed by atoms with Crippen molar-refractivity contribution in [3.8, 4) is 0 Å². The molecule has 1 aliphatic rings. The van der Waals surface area contributed by atoms with Gasteiger partial charge in [-0.1, -0.05) is 0 Å². The minimum atomic E-state index is 0.465. The van der Waals surface area contributed by atoms with E-state index in [0.29, 0.717) is 5.11 Å². The van der Waals surface area contributed by atoms with Crippen LogP contribution in [0.1, 0.15) is 0 Å². The molecule has 0 amide bonds. The lowest BCUT2D eigenvalue weighted by molar-refractivity contribution is 0.536. The Morgan fingerprint density at radius 1 is 1.75 bits per heavy atom. The average Bonchev–Trinajstić information content (AvgIpc) is 1.77. The van der Waals surface area contributed by atoms with E-state index in [1.54, 1.807) is 12.4 Å². The van der Waals surface area contributed by atoms with Crippen molar-refractivity contribution in [2.45, 2.75) is 0 Å². The van der Waals surface area contributed by atoms with E-state index >= 15 is 0 Å². The highest BCUT2D eigenvalue weighted by Gasteiger charge is 2.01. The first kappa shape index (κ1) is 5.33. The van der Waals surface area contributed by atoms with E-state index in [2.05, 4.69) is 10.9 Å². The van der Waals surface area contributed by atoms with E-state index in [1.165, 1.54) is 5.01 Å². The summed E-state index contributed by atoms with van der Waals surface area (Å²) in [5.41, 5.74) is 5.30. The molecule has 44 valence electrons. The minimum absolute atomic E-state index is 0.465. The Balaban J connectivity index is 2.60. The van der Waals surface area contributed by atoms with Gasteiger partial charge in [0.25, 0.3) is 0 Å². The van der Waals surface area contributed by atoms with E-state index in [-0.39, 0.29) is 0 Å². The Morgan fingerprint density at radius 2 is 2.50 bits per heavy atom. The molecule has 0 aromatic heterocycles. The fourth-order valence-corrected chi connectivity index (χ4v) is 0.473. The van der Waals surface area contributed by atoms with Crippen LogP contribution in [0.3, 0.4) is 0 Å². The first-order valence-electron chi connectivity index (χ1n) is 2.07. The van der Waals surface area contributed by atoms with Crippen LogP contribution in [0, 0.1) is 0 Å². The SMILES string of the molecule is NN1C=CNNC1=S. The molecule has 0 saturated heterocycles. The van der Waals surface area contributed by atoms with Gasteiger partial charge in [0.05, 0.1) is 0 Å². The molecule has 0 aromatic carbocycles. The van der Waals surface area contributed by atoms with Crippen molar-refractivity contribution in [2.24, 2.45) is 5.84 Å². The maximum absolute atomic E-state index is 5.28. The number of hydrazine groups is 2. The van der Waals surface area contributed by atoms with Crippen molar-refractivity contribution in [3.63, 3.8) is 0 Å². The highest BCUT2D eigenvalue weighted by atomic mass is 32.1. The van der Waals surface area contributed by atoms with Gasteiger partial charge in [0, 0.05) is 12.4 Å². The van der Waals surface area contributed by atoms with E-state index in [9.17, 15) is 0 Å². The van der Waals surface area contributed by atoms with Gasteiger partial charge in [-0.25, -0.2) is 5.84 Å². The van der Waals surface area contributed by atoms with E-state index in [1.807, 2.05) is 0 Å². The molecule has 8 heavy (non-hydrogen) atoms. The summed E-state index contributed by atoms with van der Waals surface area (Å²) in [7, 11) is 0. The summed E-state index contributed by atoms with van der Waals surface area (Å²) in [6, 6.07) is 0. The number of nitrogens with zero attached hydrogens (tertiary/aromatic N) is 1. The summed E-state index contributed by atoms with van der Waals surface area (Å²) in [5.74, 6) is 5.28. The van der Waals surface area contributed by atoms with Gasteiger partial charge < -0.3 is 5.43 Å². The van der Waals surface area contributed by atoms with Crippen LogP contribution in [0.5, 0.6) is 0 Å². The monoisotopic (exact) mass is 130 g/mol. The predicted octanol–water partition coefficient (Wildman–Crippen LogP) is -0.974. The molecule has 0 fully saturated rings. The number of nitrogens with two attached hydrogens (primary N) is 1. The zero-order chi connectivity index (χ0) is 5.98. The quantitative estimate of drug-likeness (QED) is 0.291. The molecular formula is C3H6N4S. The molecule has 0 saturated carbocycles. The lowest BCUT2D eigenvalue weighted by Gasteiger charge is -2.19. The summed E-state index contributed by atoms with van der Waals surface area (Å²) < 4.78 is 0. The smallest absolute Gasteiger partial charge is 0.206 e. The van der Waals surface area contributed by atoms with E-state index in [0.717, 1.165) is 0 Å². The molecule has 4 N–H and O–H groups in total. The largest absolute Gasteiger partial charge is 0.305 e. The second kappa shape index (κ2) is 1.97. The summed E-state index contributed by atoms with van der Waals surface area (Å²) >= 11 is 4.70. The third-order valence-electron chi connectivity index (χ3n) is 0.732. The van der Waals surface area contributed by atoms with Gasteiger partial charge in [-0.2, -0.15) is 0 Å². The molecule has 1 heterocycles. The summed E-state index contributed by atoms with van der Waals surface area (Å²) in [6.07, 6.45) is 3.27. The van der Waals surface area contributed by atoms with Gasteiger partial charge in [0.2, 0.25) is 5.11 Å². The molecule has 0 unspecified atom stereocenters. The average molecular weight is 130 g/mol. The normalized spacial score (nSPS) is 17.6. The fraction of sp³-hybridized carbons (Fsp3) is 0. The molecule has 4 nitrogen and oxygen atoms in total. The molecular weight excluding hydrogens is 124 g/mol. The van der Waals surface area contributed by atoms with Gasteiger partial charge >= 0.3 is 0 Å². The molecule has 1 rings (SSSR count). The topological polar surface area (TPSA) is 53.3 Å². The van der Waals surface area contributed by atoms with Crippen LogP contribution in [0.2, 0.25) is 0 Å². The Morgan fingerprint density at radius 3 is 2.88 bits per heavy atom. The maximum atomic E-state index is 5.28. The van der Waals surface area contributed by atoms with Crippen LogP contribution in [0.4, 0.5) is 0 Å². The molecule has 0 spiro atoms. The van der Waals surface area contributed by atoms with Crippen molar-refractivity contribution in [1.82, 2.24) is 15.9 Å². The van der Waals surface area contributed by atoms with Crippen LogP contribution in [0.15, 0.2) is 12.4 Å². The van der Waals surface area contributed by atoms with Gasteiger partial charge in [-0.15, -0.1) is 0 Å².